The Bertz CT molecular complexity index is 532. The quantitative estimate of drug-likeness (QED) is 0.488. The van der Waals surface area contributed by atoms with Crippen LogP contribution in [0.2, 0.25) is 0 Å². The molecule has 0 spiro atoms. The molecule has 108 valence electrons. The van der Waals surface area contributed by atoms with Gasteiger partial charge in [0.25, 0.3) is 11.6 Å². The van der Waals surface area contributed by atoms with Gasteiger partial charge in [-0.25, -0.2) is 4.98 Å². The monoisotopic (exact) mass is 281 g/mol. The topological polar surface area (TPSA) is 140 Å². The van der Waals surface area contributed by atoms with E-state index in [-0.39, 0.29) is 29.5 Å². The van der Waals surface area contributed by atoms with E-state index in [4.69, 9.17) is 5.73 Å². The summed E-state index contributed by atoms with van der Waals surface area (Å²) in [6.45, 7) is 2.17. The van der Waals surface area contributed by atoms with Gasteiger partial charge in [-0.05, 0) is 6.42 Å². The Morgan fingerprint density at radius 2 is 2.15 bits per heavy atom. The van der Waals surface area contributed by atoms with Gasteiger partial charge in [0.1, 0.15) is 12.0 Å². The highest BCUT2D eigenvalue weighted by Crippen LogP contribution is 2.16. The number of nitrogen functional groups attached to an aromatic ring is 1. The summed E-state index contributed by atoms with van der Waals surface area (Å²) in [6, 6.07) is 1.02. The van der Waals surface area contributed by atoms with Crippen molar-refractivity contribution in [3.8, 4) is 0 Å². The number of nitrogens with one attached hydrogen (secondary N) is 2. The van der Waals surface area contributed by atoms with Gasteiger partial charge in [-0.2, -0.15) is 0 Å². The Hall–Kier alpha value is -2.71. The first kappa shape index (κ1) is 15.3. The summed E-state index contributed by atoms with van der Waals surface area (Å²) in [5, 5.41) is 15.5. The summed E-state index contributed by atoms with van der Waals surface area (Å²) in [4.78, 5) is 36.6. The lowest BCUT2D eigenvalue weighted by molar-refractivity contribution is -0.385. The first-order valence-corrected chi connectivity index (χ1v) is 5.90. The van der Waals surface area contributed by atoms with Crippen LogP contribution >= 0.6 is 0 Å². The lowest BCUT2D eigenvalue weighted by atomic mass is 10.2. The fraction of sp³-hybridized carbons (Fsp3) is 0.364. The zero-order valence-corrected chi connectivity index (χ0v) is 10.9. The van der Waals surface area contributed by atoms with Crippen molar-refractivity contribution in [2.75, 3.05) is 18.8 Å². The summed E-state index contributed by atoms with van der Waals surface area (Å²) in [5.74, 6) is -1.18. The molecule has 9 nitrogen and oxygen atoms in total. The number of anilines is 1. The van der Waals surface area contributed by atoms with Crippen molar-refractivity contribution in [3.63, 3.8) is 0 Å². The van der Waals surface area contributed by atoms with Crippen LogP contribution in [0, 0.1) is 10.1 Å². The highest BCUT2D eigenvalue weighted by atomic mass is 16.6. The fourth-order valence-corrected chi connectivity index (χ4v) is 1.33. The average Bonchev–Trinajstić information content (AvgIpc) is 2.42. The number of carbonyl (C=O) groups is 2. The van der Waals surface area contributed by atoms with Crippen LogP contribution in [-0.4, -0.2) is 34.8 Å². The lowest BCUT2D eigenvalue weighted by Crippen LogP contribution is -2.37. The maximum Gasteiger partial charge on any atom is 0.288 e. The molecule has 9 heteroatoms. The molecule has 0 bridgehead atoms. The standard InChI is InChI=1S/C11H15N5O4/c1-2-3-13-9(17)6-15-11(18)8-4-7(16(19)20)5-14-10(8)12/h4-5H,2-3,6H2,1H3,(H2,12,14)(H,13,17)(H,15,18). The Morgan fingerprint density at radius 3 is 2.75 bits per heavy atom. The van der Waals surface area contributed by atoms with E-state index >= 15 is 0 Å². The number of rotatable bonds is 6. The van der Waals surface area contributed by atoms with Crippen molar-refractivity contribution in [2.45, 2.75) is 13.3 Å². The Balaban J connectivity index is 2.70. The van der Waals surface area contributed by atoms with Gasteiger partial charge >= 0.3 is 0 Å². The predicted octanol–water partition coefficient (Wildman–Crippen LogP) is -0.172. The number of aromatic nitrogens is 1. The smallest absolute Gasteiger partial charge is 0.288 e. The second kappa shape index (κ2) is 7.02. The minimum atomic E-state index is -0.689. The Morgan fingerprint density at radius 1 is 1.45 bits per heavy atom. The van der Waals surface area contributed by atoms with E-state index in [0.717, 1.165) is 18.7 Å². The molecule has 1 rings (SSSR count). The van der Waals surface area contributed by atoms with Crippen LogP contribution < -0.4 is 16.4 Å². The zero-order valence-electron chi connectivity index (χ0n) is 10.9. The number of nitrogens with zero attached hydrogens (tertiary/aromatic N) is 2. The predicted molar refractivity (Wildman–Crippen MR) is 70.9 cm³/mol. The molecule has 1 aromatic rings. The van der Waals surface area contributed by atoms with E-state index in [1.165, 1.54) is 0 Å². The van der Waals surface area contributed by atoms with Gasteiger partial charge in [0.2, 0.25) is 5.91 Å². The number of carbonyl (C=O) groups excluding carboxylic acids is 2. The van der Waals surface area contributed by atoms with Gasteiger partial charge < -0.3 is 16.4 Å². The van der Waals surface area contributed by atoms with Crippen LogP contribution in [0.3, 0.4) is 0 Å². The van der Waals surface area contributed by atoms with Gasteiger partial charge in [0.05, 0.1) is 17.0 Å². The summed E-state index contributed by atoms with van der Waals surface area (Å²) >= 11 is 0. The van der Waals surface area contributed by atoms with Crippen molar-refractivity contribution in [2.24, 2.45) is 0 Å². The molecule has 0 aliphatic carbocycles. The largest absolute Gasteiger partial charge is 0.383 e. The number of nitrogens with two attached hydrogens (primary N) is 1. The van der Waals surface area contributed by atoms with Crippen LogP contribution in [0.25, 0.3) is 0 Å². The molecule has 20 heavy (non-hydrogen) atoms. The zero-order chi connectivity index (χ0) is 15.1. The number of amides is 2. The third-order valence-electron chi connectivity index (χ3n) is 2.34. The molecule has 0 atom stereocenters. The Labute approximate surface area is 114 Å². The molecule has 0 aliphatic heterocycles. The Kier molecular flexibility index (Phi) is 5.39. The summed E-state index contributed by atoms with van der Waals surface area (Å²) in [7, 11) is 0. The third-order valence-corrected chi connectivity index (χ3v) is 2.34. The maximum atomic E-state index is 11.8. The summed E-state index contributed by atoms with van der Waals surface area (Å²) in [5.41, 5.74) is 5.00. The number of hydrogen-bond donors (Lipinski definition) is 3. The number of nitro groups is 1. The van der Waals surface area contributed by atoms with Crippen LogP contribution in [-0.2, 0) is 4.79 Å². The molecule has 0 fully saturated rings. The molecule has 0 aliphatic rings. The lowest BCUT2D eigenvalue weighted by Gasteiger charge is -2.07. The third kappa shape index (κ3) is 4.19. The van der Waals surface area contributed by atoms with Crippen molar-refractivity contribution < 1.29 is 14.5 Å². The van der Waals surface area contributed by atoms with Crippen molar-refractivity contribution in [3.05, 3.63) is 27.9 Å². The minimum Gasteiger partial charge on any atom is -0.383 e. The molecule has 0 radical (unpaired) electrons. The van der Waals surface area contributed by atoms with Gasteiger partial charge in [-0.3, -0.25) is 19.7 Å². The second-order valence-electron chi connectivity index (χ2n) is 3.92. The van der Waals surface area contributed by atoms with Crippen molar-refractivity contribution in [1.29, 1.82) is 0 Å². The van der Waals surface area contributed by atoms with E-state index in [9.17, 15) is 19.7 Å². The van der Waals surface area contributed by atoms with E-state index in [2.05, 4.69) is 15.6 Å². The first-order valence-electron chi connectivity index (χ1n) is 5.90. The van der Waals surface area contributed by atoms with E-state index in [1.54, 1.807) is 0 Å². The van der Waals surface area contributed by atoms with E-state index in [0.29, 0.717) is 6.54 Å². The van der Waals surface area contributed by atoms with Crippen molar-refractivity contribution in [1.82, 2.24) is 15.6 Å². The van der Waals surface area contributed by atoms with Gasteiger partial charge in [-0.1, -0.05) is 6.92 Å². The number of pyridine rings is 1. The van der Waals surface area contributed by atoms with Crippen LogP contribution in [0.5, 0.6) is 0 Å². The SMILES string of the molecule is CCCNC(=O)CNC(=O)c1cc([N+](=O)[O-])cnc1N. The molecule has 0 unspecified atom stereocenters. The molecule has 2 amide bonds. The first-order chi connectivity index (χ1) is 9.45. The molecular formula is C11H15N5O4. The van der Waals surface area contributed by atoms with E-state index < -0.39 is 10.8 Å². The van der Waals surface area contributed by atoms with E-state index in [1.807, 2.05) is 6.92 Å². The molecule has 1 heterocycles. The van der Waals surface area contributed by atoms with Crippen molar-refractivity contribution >= 4 is 23.3 Å². The molecule has 4 N–H and O–H groups in total. The van der Waals surface area contributed by atoms with Crippen LogP contribution in [0.4, 0.5) is 11.5 Å². The van der Waals surface area contributed by atoms with Gasteiger partial charge in [-0.15, -0.1) is 0 Å². The minimum absolute atomic E-state index is 0.137. The highest BCUT2D eigenvalue weighted by molar-refractivity contribution is 6.00. The number of hydrogen-bond acceptors (Lipinski definition) is 6. The van der Waals surface area contributed by atoms with Crippen LogP contribution in [0.15, 0.2) is 12.3 Å². The fourth-order valence-electron chi connectivity index (χ4n) is 1.33. The maximum absolute atomic E-state index is 11.8. The molecule has 0 saturated carbocycles. The van der Waals surface area contributed by atoms with Crippen LogP contribution in [0.1, 0.15) is 23.7 Å². The molecule has 0 aromatic carbocycles. The summed E-state index contributed by atoms with van der Waals surface area (Å²) in [6.07, 6.45) is 1.74. The van der Waals surface area contributed by atoms with Gasteiger partial charge in [0, 0.05) is 12.6 Å². The molecule has 1 aromatic heterocycles. The summed E-state index contributed by atoms with van der Waals surface area (Å²) < 4.78 is 0. The second-order valence-corrected chi connectivity index (χ2v) is 3.92. The molecular weight excluding hydrogens is 266 g/mol. The van der Waals surface area contributed by atoms with Gasteiger partial charge in [0.15, 0.2) is 0 Å². The normalized spacial score (nSPS) is 9.85. The molecule has 0 saturated heterocycles. The average molecular weight is 281 g/mol. The highest BCUT2D eigenvalue weighted by Gasteiger charge is 2.17.